The number of aryl methyl sites for hydroxylation is 2. The number of carbonyl (C=O) groups is 1. The average molecular weight is 487 g/mol. The van der Waals surface area contributed by atoms with Gasteiger partial charge in [-0.25, -0.2) is 12.8 Å². The van der Waals surface area contributed by atoms with E-state index >= 15 is 0 Å². The van der Waals surface area contributed by atoms with Crippen LogP contribution in [0.15, 0.2) is 71.6 Å². The molecule has 3 aromatic rings. The number of hydrogen-bond acceptors (Lipinski definition) is 5. The van der Waals surface area contributed by atoms with E-state index in [0.29, 0.717) is 5.75 Å². The first-order chi connectivity index (χ1) is 16.2. The Labute approximate surface area is 199 Å². The minimum atomic E-state index is -4.11. The number of nitrogens with one attached hydrogen (secondary N) is 1. The van der Waals surface area contributed by atoms with Gasteiger partial charge in [-0.2, -0.15) is 0 Å². The summed E-state index contributed by atoms with van der Waals surface area (Å²) in [6.07, 6.45) is 0. The van der Waals surface area contributed by atoms with Gasteiger partial charge < -0.3 is 14.8 Å². The zero-order valence-corrected chi connectivity index (χ0v) is 20.1. The van der Waals surface area contributed by atoms with Crippen molar-refractivity contribution in [2.75, 3.05) is 31.1 Å². The van der Waals surface area contributed by atoms with Crippen molar-refractivity contribution in [3.05, 3.63) is 83.7 Å². The van der Waals surface area contributed by atoms with Gasteiger partial charge in [0.05, 0.1) is 24.2 Å². The Morgan fingerprint density at radius 2 is 1.68 bits per heavy atom. The number of anilines is 1. The first-order valence-corrected chi connectivity index (χ1v) is 12.0. The fourth-order valence-corrected chi connectivity index (χ4v) is 4.72. The molecular weight excluding hydrogens is 459 g/mol. The predicted molar refractivity (Wildman–Crippen MR) is 128 cm³/mol. The highest BCUT2D eigenvalue weighted by molar-refractivity contribution is 7.92. The van der Waals surface area contributed by atoms with E-state index in [9.17, 15) is 17.6 Å². The molecule has 0 aliphatic carbocycles. The Kier molecular flexibility index (Phi) is 8.12. The Morgan fingerprint density at radius 1 is 1.00 bits per heavy atom. The van der Waals surface area contributed by atoms with E-state index in [4.69, 9.17) is 9.47 Å². The van der Waals surface area contributed by atoms with E-state index in [2.05, 4.69) is 5.32 Å². The SMILES string of the molecule is COc1ccc(S(=O)(=O)N(CC(=O)NCCOc2ccc(C)cc2C)c2ccc(F)cc2)cc1. The van der Waals surface area contributed by atoms with E-state index in [1.807, 2.05) is 32.0 Å². The number of rotatable bonds is 10. The second kappa shape index (κ2) is 11.0. The van der Waals surface area contributed by atoms with Crippen LogP contribution in [-0.2, 0) is 14.8 Å². The highest BCUT2D eigenvalue weighted by Crippen LogP contribution is 2.25. The topological polar surface area (TPSA) is 84.9 Å². The molecule has 0 radical (unpaired) electrons. The summed E-state index contributed by atoms with van der Waals surface area (Å²) < 4.78 is 51.8. The fraction of sp³-hybridized carbons (Fsp3) is 0.240. The lowest BCUT2D eigenvalue weighted by molar-refractivity contribution is -0.119. The smallest absolute Gasteiger partial charge is 0.264 e. The van der Waals surface area contributed by atoms with Crippen molar-refractivity contribution in [2.45, 2.75) is 18.7 Å². The van der Waals surface area contributed by atoms with E-state index in [1.165, 1.54) is 43.5 Å². The molecule has 34 heavy (non-hydrogen) atoms. The van der Waals surface area contributed by atoms with Crippen LogP contribution in [0.3, 0.4) is 0 Å². The van der Waals surface area contributed by atoms with Gasteiger partial charge in [-0.05, 0) is 74.0 Å². The number of methoxy groups -OCH3 is 1. The maximum atomic E-state index is 13.4. The van der Waals surface area contributed by atoms with Crippen molar-refractivity contribution in [3.63, 3.8) is 0 Å². The van der Waals surface area contributed by atoms with Crippen LogP contribution >= 0.6 is 0 Å². The molecular formula is C25H27FN2O5S. The Hall–Kier alpha value is -3.59. The normalized spacial score (nSPS) is 11.1. The van der Waals surface area contributed by atoms with E-state index < -0.39 is 28.3 Å². The molecule has 0 saturated heterocycles. The van der Waals surface area contributed by atoms with Crippen LogP contribution in [0.1, 0.15) is 11.1 Å². The Bertz CT molecular complexity index is 1230. The van der Waals surface area contributed by atoms with Crippen LogP contribution in [0.2, 0.25) is 0 Å². The molecule has 1 amide bonds. The Morgan fingerprint density at radius 3 is 2.29 bits per heavy atom. The van der Waals surface area contributed by atoms with Crippen molar-refractivity contribution in [1.82, 2.24) is 5.32 Å². The number of halogens is 1. The molecule has 0 atom stereocenters. The molecule has 180 valence electrons. The number of benzene rings is 3. The third-order valence-corrected chi connectivity index (χ3v) is 6.85. The molecule has 0 unspecified atom stereocenters. The molecule has 0 aromatic heterocycles. The molecule has 7 nitrogen and oxygen atoms in total. The highest BCUT2D eigenvalue weighted by atomic mass is 32.2. The van der Waals surface area contributed by atoms with Gasteiger partial charge in [0, 0.05) is 0 Å². The summed E-state index contributed by atoms with van der Waals surface area (Å²) >= 11 is 0. The van der Waals surface area contributed by atoms with Crippen LogP contribution in [-0.4, -0.2) is 41.1 Å². The quantitative estimate of drug-likeness (QED) is 0.440. The van der Waals surface area contributed by atoms with E-state index in [-0.39, 0.29) is 23.7 Å². The summed E-state index contributed by atoms with van der Waals surface area (Å²) in [7, 11) is -2.63. The van der Waals surface area contributed by atoms with Crippen LogP contribution in [0, 0.1) is 19.7 Å². The number of nitrogens with zero attached hydrogens (tertiary/aromatic N) is 1. The molecule has 3 rings (SSSR count). The number of carbonyl (C=O) groups excluding carboxylic acids is 1. The van der Waals surface area contributed by atoms with Crippen molar-refractivity contribution in [1.29, 1.82) is 0 Å². The summed E-state index contributed by atoms with van der Waals surface area (Å²) in [4.78, 5) is 12.6. The summed E-state index contributed by atoms with van der Waals surface area (Å²) in [5.74, 6) is 0.174. The molecule has 0 heterocycles. The lowest BCUT2D eigenvalue weighted by Gasteiger charge is -2.24. The van der Waals surface area contributed by atoms with Gasteiger partial charge in [-0.3, -0.25) is 9.10 Å². The molecule has 3 aromatic carbocycles. The summed E-state index contributed by atoms with van der Waals surface area (Å²) in [5.41, 5.74) is 2.27. The number of sulfonamides is 1. The van der Waals surface area contributed by atoms with Gasteiger partial charge in [0.1, 0.15) is 30.5 Å². The lowest BCUT2D eigenvalue weighted by atomic mass is 10.1. The molecule has 0 aliphatic rings. The second-order valence-electron chi connectivity index (χ2n) is 7.63. The zero-order chi connectivity index (χ0) is 24.7. The monoisotopic (exact) mass is 486 g/mol. The summed E-state index contributed by atoms with van der Waals surface area (Å²) in [5, 5.41) is 2.67. The fourth-order valence-electron chi connectivity index (χ4n) is 3.30. The molecule has 0 aliphatic heterocycles. The van der Waals surface area contributed by atoms with Gasteiger partial charge >= 0.3 is 0 Å². The molecule has 0 spiro atoms. The van der Waals surface area contributed by atoms with Gasteiger partial charge in [0.25, 0.3) is 10.0 Å². The summed E-state index contributed by atoms with van der Waals surface area (Å²) in [6, 6.07) is 16.5. The Balaban J connectivity index is 1.70. The first kappa shape index (κ1) is 25.0. The molecule has 0 fully saturated rings. The zero-order valence-electron chi connectivity index (χ0n) is 19.2. The highest BCUT2D eigenvalue weighted by Gasteiger charge is 2.27. The van der Waals surface area contributed by atoms with Crippen LogP contribution < -0.4 is 19.1 Å². The van der Waals surface area contributed by atoms with E-state index in [1.54, 1.807) is 0 Å². The maximum Gasteiger partial charge on any atom is 0.264 e. The third-order valence-electron chi connectivity index (χ3n) is 5.06. The number of hydrogen-bond donors (Lipinski definition) is 1. The van der Waals surface area contributed by atoms with Crippen molar-refractivity contribution < 1.29 is 27.1 Å². The minimum Gasteiger partial charge on any atom is -0.497 e. The molecule has 0 bridgehead atoms. The van der Waals surface area contributed by atoms with Crippen molar-refractivity contribution in [2.24, 2.45) is 0 Å². The maximum absolute atomic E-state index is 13.4. The molecule has 1 N–H and O–H groups in total. The van der Waals surface area contributed by atoms with Gasteiger partial charge in [-0.15, -0.1) is 0 Å². The third kappa shape index (κ3) is 6.26. The minimum absolute atomic E-state index is 0.0244. The van der Waals surface area contributed by atoms with Gasteiger partial charge in [-0.1, -0.05) is 17.7 Å². The van der Waals surface area contributed by atoms with Crippen LogP contribution in [0.25, 0.3) is 0 Å². The van der Waals surface area contributed by atoms with Crippen LogP contribution in [0.4, 0.5) is 10.1 Å². The first-order valence-electron chi connectivity index (χ1n) is 10.6. The van der Waals surface area contributed by atoms with Crippen molar-refractivity contribution in [3.8, 4) is 11.5 Å². The predicted octanol–water partition coefficient (Wildman–Crippen LogP) is 3.84. The average Bonchev–Trinajstić information content (AvgIpc) is 2.82. The molecule has 9 heteroatoms. The number of ether oxygens (including phenoxy) is 2. The number of amides is 1. The van der Waals surface area contributed by atoms with Crippen molar-refractivity contribution >= 4 is 21.6 Å². The van der Waals surface area contributed by atoms with Gasteiger partial charge in [0.15, 0.2) is 0 Å². The summed E-state index contributed by atoms with van der Waals surface area (Å²) in [6.45, 7) is 3.85. The van der Waals surface area contributed by atoms with Gasteiger partial charge in [0.2, 0.25) is 5.91 Å². The molecule has 0 saturated carbocycles. The lowest BCUT2D eigenvalue weighted by Crippen LogP contribution is -2.41. The van der Waals surface area contributed by atoms with Crippen LogP contribution in [0.5, 0.6) is 11.5 Å². The standard InChI is InChI=1S/C25H27FN2O5S/c1-18-4-13-24(19(2)16-18)33-15-14-27-25(29)17-28(21-7-5-20(26)6-8-21)34(30,31)23-11-9-22(32-3)10-12-23/h4-13,16H,14-15,17H2,1-3H3,(H,27,29). The second-order valence-corrected chi connectivity index (χ2v) is 9.49. The largest absolute Gasteiger partial charge is 0.497 e. The van der Waals surface area contributed by atoms with E-state index in [0.717, 1.165) is 33.3 Å².